The Morgan fingerprint density at radius 1 is 0.167 bits per heavy atom. The molecule has 0 aromatic heterocycles. The van der Waals surface area contributed by atoms with E-state index in [0.29, 0.717) is 0 Å². The van der Waals surface area contributed by atoms with Gasteiger partial charge in [0.25, 0.3) is 0 Å². The fraction of sp³-hybridized carbons (Fsp3) is 0.314. The van der Waals surface area contributed by atoms with Crippen LogP contribution in [0.4, 0.5) is 0 Å². The van der Waals surface area contributed by atoms with Gasteiger partial charge < -0.3 is 67.9 Å². The van der Waals surface area contributed by atoms with Crippen LogP contribution < -0.4 is 67.9 Å². The zero-order valence-electron chi connectivity index (χ0n) is 46.0. The number of hydrogen-bond acceptors (Lipinski definition) is 0. The van der Waals surface area contributed by atoms with Gasteiger partial charge in [0.1, 0.15) is 0 Å². The van der Waals surface area contributed by atoms with Gasteiger partial charge in [0, 0.05) is 41.9 Å². The van der Waals surface area contributed by atoms with Crippen LogP contribution >= 0.6 is 29.0 Å². The Hall–Kier alpha value is -2.60. The first-order chi connectivity index (χ1) is 36.5. The molecule has 0 nitrogen and oxygen atoms in total. The topological polar surface area (TPSA) is 0 Å². The van der Waals surface area contributed by atoms with E-state index in [9.17, 15) is 0 Å². The van der Waals surface area contributed by atoms with Gasteiger partial charge in [-0.2, -0.15) is 0 Å². The molecular formula is C70H84Br4P4. The van der Waals surface area contributed by atoms with Crippen molar-refractivity contribution in [1.82, 2.24) is 0 Å². The first kappa shape index (κ1) is 66.2. The maximum atomic E-state index is 2.45. The molecular weight excluding hydrogens is 1280 g/mol. The highest BCUT2D eigenvalue weighted by Gasteiger charge is 2.45. The summed E-state index contributed by atoms with van der Waals surface area (Å²) in [6.07, 6.45) is 29.2. The van der Waals surface area contributed by atoms with E-state index >= 15 is 0 Å². The van der Waals surface area contributed by atoms with Crippen molar-refractivity contribution in [2.24, 2.45) is 0 Å². The van der Waals surface area contributed by atoms with E-state index < -0.39 is 29.0 Å². The maximum Gasteiger partial charge on any atom is 0.0846 e. The third kappa shape index (κ3) is 21.0. The number of rotatable bonds is 16. The summed E-state index contributed by atoms with van der Waals surface area (Å²) in [7, 11) is -5.97. The van der Waals surface area contributed by atoms with E-state index in [4.69, 9.17) is 0 Å². The van der Waals surface area contributed by atoms with E-state index in [-0.39, 0.29) is 67.9 Å². The molecule has 1 aliphatic rings. The second-order valence-electron chi connectivity index (χ2n) is 22.4. The first-order valence-corrected chi connectivity index (χ1v) is 38.3. The summed E-state index contributed by atoms with van der Waals surface area (Å²) >= 11 is 0. The molecule has 412 valence electrons. The van der Waals surface area contributed by atoms with E-state index in [2.05, 4.69) is 243 Å². The summed E-state index contributed by atoms with van der Waals surface area (Å²) in [4.78, 5) is 0. The molecule has 1 heterocycles. The Morgan fingerprint density at radius 2 is 0.282 bits per heavy atom. The monoisotopic (exact) mass is 1360 g/mol. The second-order valence-corrected chi connectivity index (χ2v) is 39.3. The number of hydrogen-bond donors (Lipinski definition) is 0. The van der Waals surface area contributed by atoms with Crippen LogP contribution in [-0.4, -0.2) is 49.3 Å². The molecule has 78 heavy (non-hydrogen) atoms. The fourth-order valence-corrected chi connectivity index (χ4v) is 32.1. The van der Waals surface area contributed by atoms with Crippen LogP contribution in [0.1, 0.15) is 83.0 Å². The van der Waals surface area contributed by atoms with E-state index in [1.165, 1.54) is 137 Å². The number of benzene rings is 8. The summed E-state index contributed by atoms with van der Waals surface area (Å²) in [5.41, 5.74) is 12.5. The van der Waals surface area contributed by atoms with Crippen molar-refractivity contribution in [3.8, 4) is 0 Å². The quantitative estimate of drug-likeness (QED) is 0.0862. The average molecular weight is 1370 g/mol. The Kier molecular flexibility index (Phi) is 29.5. The summed E-state index contributed by atoms with van der Waals surface area (Å²) in [5, 5.41) is 0. The molecule has 1 fully saturated rings. The third-order valence-corrected chi connectivity index (χ3v) is 34.9. The van der Waals surface area contributed by atoms with Gasteiger partial charge in [0.05, 0.1) is 98.6 Å². The lowest BCUT2D eigenvalue weighted by molar-refractivity contribution is -0.00100. The van der Waals surface area contributed by atoms with Crippen molar-refractivity contribution in [3.05, 3.63) is 287 Å². The van der Waals surface area contributed by atoms with Gasteiger partial charge in [0.2, 0.25) is 0 Å². The Morgan fingerprint density at radius 3 is 0.410 bits per heavy atom. The van der Waals surface area contributed by atoms with Gasteiger partial charge in [-0.1, -0.05) is 243 Å². The molecule has 9 rings (SSSR count). The molecule has 0 atom stereocenters. The largest absolute Gasteiger partial charge is 1.00 e. The van der Waals surface area contributed by atoms with Gasteiger partial charge in [-0.25, -0.2) is 0 Å². The molecule has 8 aromatic rings. The van der Waals surface area contributed by atoms with Crippen molar-refractivity contribution >= 4 is 29.0 Å². The molecule has 0 amide bonds. The molecule has 0 unspecified atom stereocenters. The molecule has 0 spiro atoms. The van der Waals surface area contributed by atoms with Crippen molar-refractivity contribution in [2.45, 2.75) is 87.8 Å². The van der Waals surface area contributed by atoms with Crippen LogP contribution in [0.15, 0.2) is 243 Å². The van der Waals surface area contributed by atoms with Gasteiger partial charge >= 0.3 is 0 Å². The predicted octanol–water partition coefficient (Wildman–Crippen LogP) is 8.03. The second kappa shape index (κ2) is 34.8. The highest BCUT2D eigenvalue weighted by atomic mass is 79.9. The smallest absolute Gasteiger partial charge is 0.0846 e. The van der Waals surface area contributed by atoms with Crippen LogP contribution in [0.3, 0.4) is 0 Å². The lowest BCUT2D eigenvalue weighted by Gasteiger charge is -2.34. The van der Waals surface area contributed by atoms with Gasteiger partial charge in [-0.15, -0.1) is 0 Å². The Balaban J connectivity index is 0.00000280. The standard InChI is InChI=1S/C70H84P4.4BrH/c1-9-31-63(32-10-1)55-71(56-64-33-11-2-12-34-64)47-25-26-48-73(59-67-39-17-5-18-40-67,60-68-41-19-6-20-42-68)53-30-54-74(61-69-43-21-7-22-44-69,62-70-45-23-8-24-46-70)50-28-27-49-72(52-29-51-71,57-65-35-13-3-14-36-65)58-66-37-15-4-16-38-66;;;;/h1-24,31-46H,25-30,47-62H2;4*1H/q+4;;;;/p-4. The highest BCUT2D eigenvalue weighted by Crippen LogP contribution is 2.72. The fourth-order valence-electron chi connectivity index (χ4n) is 13.0. The molecule has 8 aromatic carbocycles. The highest BCUT2D eigenvalue weighted by molar-refractivity contribution is 7.76. The summed E-state index contributed by atoms with van der Waals surface area (Å²) in [6.45, 7) is 0. The van der Waals surface area contributed by atoms with Crippen LogP contribution in [0.5, 0.6) is 0 Å². The van der Waals surface area contributed by atoms with Crippen LogP contribution in [-0.2, 0) is 49.3 Å². The van der Waals surface area contributed by atoms with Crippen LogP contribution in [0.2, 0.25) is 0 Å². The Bertz CT molecular complexity index is 2240. The van der Waals surface area contributed by atoms with Crippen molar-refractivity contribution in [1.29, 1.82) is 0 Å². The van der Waals surface area contributed by atoms with E-state index in [0.717, 1.165) is 0 Å². The minimum absolute atomic E-state index is 0. The summed E-state index contributed by atoms with van der Waals surface area (Å²) < 4.78 is 0. The molecule has 1 saturated heterocycles. The molecule has 1 aliphatic heterocycles. The molecule has 0 saturated carbocycles. The van der Waals surface area contributed by atoms with Crippen molar-refractivity contribution in [2.75, 3.05) is 49.3 Å². The van der Waals surface area contributed by atoms with Crippen molar-refractivity contribution < 1.29 is 67.9 Å². The van der Waals surface area contributed by atoms with Gasteiger partial charge in [-0.05, 0) is 70.2 Å². The first-order valence-electron chi connectivity index (χ1n) is 28.2. The van der Waals surface area contributed by atoms with Crippen LogP contribution in [0, 0.1) is 0 Å². The number of halogens is 4. The summed E-state index contributed by atoms with van der Waals surface area (Å²) in [6, 6.07) is 93.8. The minimum Gasteiger partial charge on any atom is -1.00 e. The maximum absolute atomic E-state index is 2.45. The predicted molar refractivity (Wildman–Crippen MR) is 335 cm³/mol. The van der Waals surface area contributed by atoms with Gasteiger partial charge in [0.15, 0.2) is 0 Å². The SMILES string of the molecule is [Br-].[Br-].[Br-].[Br-].c1ccc(C[P+]2(Cc3ccccc3)CCCC[P+](Cc3ccccc3)(Cc3ccccc3)CCC[P+](Cc3ccccc3)(Cc3ccccc3)CCCC[P+](Cc3ccccc3)(Cc3ccccc3)CCC2)cc1. The molecule has 0 bridgehead atoms. The lowest BCUT2D eigenvalue weighted by atomic mass is 10.2. The third-order valence-electron chi connectivity index (χ3n) is 16.4. The zero-order valence-corrected chi connectivity index (χ0v) is 55.9. The molecule has 8 heteroatoms. The molecule has 0 aliphatic carbocycles. The molecule has 0 radical (unpaired) electrons. The lowest BCUT2D eigenvalue weighted by Crippen LogP contribution is -3.00. The van der Waals surface area contributed by atoms with Crippen LogP contribution in [0.25, 0.3) is 0 Å². The minimum atomic E-state index is -1.49. The Labute approximate surface area is 516 Å². The normalized spacial score (nSPS) is 16.4. The average Bonchev–Trinajstić information content (AvgIpc) is 3.45. The van der Waals surface area contributed by atoms with Gasteiger partial charge in [-0.3, -0.25) is 0 Å². The summed E-state index contributed by atoms with van der Waals surface area (Å²) in [5.74, 6) is 0. The zero-order chi connectivity index (χ0) is 50.5. The van der Waals surface area contributed by atoms with E-state index in [1.54, 1.807) is 44.5 Å². The van der Waals surface area contributed by atoms with E-state index in [1.807, 2.05) is 0 Å². The van der Waals surface area contributed by atoms with Crippen molar-refractivity contribution in [3.63, 3.8) is 0 Å². The molecule has 0 N–H and O–H groups in total.